The highest BCUT2D eigenvalue weighted by molar-refractivity contribution is 9.10. The average Bonchev–Trinajstić information content (AvgIpc) is 2.49. The van der Waals surface area contributed by atoms with E-state index in [1.54, 1.807) is 6.07 Å². The lowest BCUT2D eigenvalue weighted by Crippen LogP contribution is -2.50. The fourth-order valence-electron chi connectivity index (χ4n) is 2.44. The maximum atomic E-state index is 13.1. The van der Waals surface area contributed by atoms with Gasteiger partial charge in [-0.15, -0.1) is 12.4 Å². The Morgan fingerprint density at radius 1 is 1.39 bits per heavy atom. The number of benzene rings is 1. The standard InChI is InChI=1S/C16H22BrFN2O2.ClH/c1-10(2)15(19)16(21)20-7-5-12(6-8-20)22-14-4-3-11(18)9-13(14)17;/h3-4,9-10,12,15H,5-8,19H2,1-2H3;1H/t15-;/m0./s1. The Labute approximate surface area is 151 Å². The summed E-state index contributed by atoms with van der Waals surface area (Å²) in [6.45, 7) is 5.18. The molecule has 0 spiro atoms. The number of hydrogen-bond acceptors (Lipinski definition) is 3. The van der Waals surface area contributed by atoms with E-state index >= 15 is 0 Å². The van der Waals surface area contributed by atoms with Crippen molar-refractivity contribution in [3.8, 4) is 5.75 Å². The number of carbonyl (C=O) groups is 1. The number of piperidine rings is 1. The second-order valence-electron chi connectivity index (χ2n) is 5.99. The van der Waals surface area contributed by atoms with E-state index in [-0.39, 0.29) is 36.2 Å². The molecule has 0 aromatic heterocycles. The van der Waals surface area contributed by atoms with Crippen molar-refractivity contribution in [3.63, 3.8) is 0 Å². The third-order valence-electron chi connectivity index (χ3n) is 3.94. The quantitative estimate of drug-likeness (QED) is 0.829. The predicted octanol–water partition coefficient (Wildman–Crippen LogP) is 3.36. The third kappa shape index (κ3) is 5.33. The van der Waals surface area contributed by atoms with Gasteiger partial charge in [-0.1, -0.05) is 13.8 Å². The van der Waals surface area contributed by atoms with Crippen molar-refractivity contribution in [2.24, 2.45) is 11.7 Å². The minimum Gasteiger partial charge on any atom is -0.489 e. The van der Waals surface area contributed by atoms with E-state index in [9.17, 15) is 9.18 Å². The summed E-state index contributed by atoms with van der Waals surface area (Å²) in [5, 5.41) is 0. The summed E-state index contributed by atoms with van der Waals surface area (Å²) in [7, 11) is 0. The Morgan fingerprint density at radius 2 is 2.00 bits per heavy atom. The minimum absolute atomic E-state index is 0. The number of likely N-dealkylation sites (tertiary alicyclic amines) is 1. The van der Waals surface area contributed by atoms with E-state index in [1.165, 1.54) is 12.1 Å². The highest BCUT2D eigenvalue weighted by Crippen LogP contribution is 2.28. The van der Waals surface area contributed by atoms with Crippen molar-refractivity contribution in [1.82, 2.24) is 4.90 Å². The molecule has 1 fully saturated rings. The molecule has 0 unspecified atom stereocenters. The summed E-state index contributed by atoms with van der Waals surface area (Å²) >= 11 is 3.30. The molecule has 1 aromatic carbocycles. The molecule has 1 amide bonds. The molecular weight excluding hydrogens is 387 g/mol. The number of nitrogens with zero attached hydrogens (tertiary/aromatic N) is 1. The number of rotatable bonds is 4. The van der Waals surface area contributed by atoms with Gasteiger partial charge in [-0.3, -0.25) is 4.79 Å². The Balaban J connectivity index is 0.00000264. The van der Waals surface area contributed by atoms with E-state index in [2.05, 4.69) is 15.9 Å². The maximum absolute atomic E-state index is 13.1. The zero-order valence-electron chi connectivity index (χ0n) is 13.3. The van der Waals surface area contributed by atoms with Gasteiger partial charge in [0.2, 0.25) is 5.91 Å². The zero-order chi connectivity index (χ0) is 16.3. The van der Waals surface area contributed by atoms with Crippen LogP contribution in [0.4, 0.5) is 4.39 Å². The average molecular weight is 410 g/mol. The fourth-order valence-corrected chi connectivity index (χ4v) is 2.88. The van der Waals surface area contributed by atoms with Gasteiger partial charge in [0.25, 0.3) is 0 Å². The molecule has 1 atom stereocenters. The van der Waals surface area contributed by atoms with Gasteiger partial charge >= 0.3 is 0 Å². The summed E-state index contributed by atoms with van der Waals surface area (Å²) in [6.07, 6.45) is 1.53. The largest absolute Gasteiger partial charge is 0.489 e. The maximum Gasteiger partial charge on any atom is 0.239 e. The number of nitrogens with two attached hydrogens (primary N) is 1. The van der Waals surface area contributed by atoms with Crippen molar-refractivity contribution < 1.29 is 13.9 Å². The van der Waals surface area contributed by atoms with Crippen molar-refractivity contribution >= 4 is 34.2 Å². The van der Waals surface area contributed by atoms with Crippen LogP contribution in [0.5, 0.6) is 5.75 Å². The number of hydrogen-bond donors (Lipinski definition) is 1. The van der Waals surface area contributed by atoms with E-state index in [0.29, 0.717) is 23.3 Å². The van der Waals surface area contributed by atoms with E-state index in [0.717, 1.165) is 12.8 Å². The van der Waals surface area contributed by atoms with Crippen LogP contribution in [-0.4, -0.2) is 36.0 Å². The second kappa shape index (κ2) is 8.85. The van der Waals surface area contributed by atoms with Gasteiger partial charge in [-0.2, -0.15) is 0 Å². The molecule has 0 saturated carbocycles. The molecule has 0 radical (unpaired) electrons. The summed E-state index contributed by atoms with van der Waals surface area (Å²) < 4.78 is 19.6. The van der Waals surface area contributed by atoms with Crippen molar-refractivity contribution in [3.05, 3.63) is 28.5 Å². The van der Waals surface area contributed by atoms with Crippen LogP contribution in [0.15, 0.2) is 22.7 Å². The monoisotopic (exact) mass is 408 g/mol. The lowest BCUT2D eigenvalue weighted by atomic mass is 10.0. The lowest BCUT2D eigenvalue weighted by Gasteiger charge is -2.34. The normalized spacial score (nSPS) is 16.9. The van der Waals surface area contributed by atoms with Gasteiger partial charge in [0, 0.05) is 25.9 Å². The highest BCUT2D eigenvalue weighted by atomic mass is 79.9. The molecule has 130 valence electrons. The number of halogens is 3. The van der Waals surface area contributed by atoms with Gasteiger partial charge in [0.15, 0.2) is 0 Å². The molecular formula is C16H23BrClFN2O2. The summed E-state index contributed by atoms with van der Waals surface area (Å²) in [5.74, 6) is 0.473. The molecule has 7 heteroatoms. The van der Waals surface area contributed by atoms with Gasteiger partial charge in [0.1, 0.15) is 17.7 Å². The van der Waals surface area contributed by atoms with Crippen LogP contribution in [0.25, 0.3) is 0 Å². The topological polar surface area (TPSA) is 55.6 Å². The Kier molecular flexibility index (Phi) is 7.77. The van der Waals surface area contributed by atoms with Gasteiger partial charge < -0.3 is 15.4 Å². The first-order valence-corrected chi connectivity index (χ1v) is 8.34. The number of carbonyl (C=O) groups excluding carboxylic acids is 1. The Morgan fingerprint density at radius 3 is 2.52 bits per heavy atom. The molecule has 1 aliphatic rings. The first-order valence-electron chi connectivity index (χ1n) is 7.54. The van der Waals surface area contributed by atoms with Crippen molar-refractivity contribution in [2.45, 2.75) is 38.8 Å². The van der Waals surface area contributed by atoms with Gasteiger partial charge in [-0.05, 0) is 40.0 Å². The third-order valence-corrected chi connectivity index (χ3v) is 4.56. The van der Waals surface area contributed by atoms with Crippen molar-refractivity contribution in [1.29, 1.82) is 0 Å². The van der Waals surface area contributed by atoms with E-state index in [4.69, 9.17) is 10.5 Å². The predicted molar refractivity (Wildman–Crippen MR) is 94.4 cm³/mol. The second-order valence-corrected chi connectivity index (χ2v) is 6.84. The van der Waals surface area contributed by atoms with E-state index in [1.807, 2.05) is 18.7 Å². The summed E-state index contributed by atoms with van der Waals surface area (Å²) in [6, 6.07) is 3.94. The molecule has 23 heavy (non-hydrogen) atoms. The SMILES string of the molecule is CC(C)[C@H](N)C(=O)N1CCC(Oc2ccc(F)cc2Br)CC1.Cl. The minimum atomic E-state index is -0.441. The molecule has 2 rings (SSSR count). The van der Waals surface area contributed by atoms with Gasteiger partial charge in [0.05, 0.1) is 10.5 Å². The molecule has 1 aromatic rings. The van der Waals surface area contributed by atoms with Crippen LogP contribution in [0.2, 0.25) is 0 Å². The van der Waals surface area contributed by atoms with Gasteiger partial charge in [-0.25, -0.2) is 4.39 Å². The number of amides is 1. The number of ether oxygens (including phenoxy) is 1. The fraction of sp³-hybridized carbons (Fsp3) is 0.562. The molecule has 0 aliphatic carbocycles. The van der Waals surface area contributed by atoms with Crippen LogP contribution in [0.3, 0.4) is 0 Å². The van der Waals surface area contributed by atoms with Crippen LogP contribution < -0.4 is 10.5 Å². The Hall–Kier alpha value is -0.850. The summed E-state index contributed by atoms with van der Waals surface area (Å²) in [4.78, 5) is 14.0. The van der Waals surface area contributed by atoms with E-state index < -0.39 is 6.04 Å². The van der Waals surface area contributed by atoms with Crippen LogP contribution >= 0.6 is 28.3 Å². The van der Waals surface area contributed by atoms with Crippen LogP contribution in [-0.2, 0) is 4.79 Å². The Bertz CT molecular complexity index is 537. The summed E-state index contributed by atoms with van der Waals surface area (Å²) in [5.41, 5.74) is 5.92. The van der Waals surface area contributed by atoms with Crippen LogP contribution in [0.1, 0.15) is 26.7 Å². The molecule has 1 saturated heterocycles. The highest BCUT2D eigenvalue weighted by Gasteiger charge is 2.28. The first-order chi connectivity index (χ1) is 10.4. The molecule has 1 aliphatic heterocycles. The first kappa shape index (κ1) is 20.2. The molecule has 0 bridgehead atoms. The van der Waals surface area contributed by atoms with Crippen LogP contribution in [0, 0.1) is 11.7 Å². The smallest absolute Gasteiger partial charge is 0.239 e. The molecule has 1 heterocycles. The van der Waals surface area contributed by atoms with Crippen molar-refractivity contribution in [2.75, 3.05) is 13.1 Å². The lowest BCUT2D eigenvalue weighted by molar-refractivity contribution is -0.135. The zero-order valence-corrected chi connectivity index (χ0v) is 15.7. The molecule has 2 N–H and O–H groups in total. The molecule has 4 nitrogen and oxygen atoms in total.